The van der Waals surface area contributed by atoms with Crippen molar-refractivity contribution in [3.63, 3.8) is 0 Å². The van der Waals surface area contributed by atoms with Crippen molar-refractivity contribution in [3.8, 4) is 0 Å². The lowest BCUT2D eigenvalue weighted by Crippen LogP contribution is -2.16. The third kappa shape index (κ3) is 5.09. The molecule has 78 valence electrons. The van der Waals surface area contributed by atoms with E-state index in [2.05, 4.69) is 10.3 Å². The number of aromatic nitrogens is 1. The summed E-state index contributed by atoms with van der Waals surface area (Å²) in [4.78, 5) is 3.94. The first-order valence-corrected chi connectivity index (χ1v) is 6.41. The molecule has 4 heteroatoms. The highest BCUT2D eigenvalue weighted by Crippen LogP contribution is 1.94. The fraction of sp³-hybridized carbons (Fsp3) is 0.500. The number of hydrogen-bond acceptors (Lipinski definition) is 3. The zero-order valence-corrected chi connectivity index (χ0v) is 9.22. The van der Waals surface area contributed by atoms with Gasteiger partial charge in [0.15, 0.2) is 0 Å². The Kier molecular flexibility index (Phi) is 5.40. The van der Waals surface area contributed by atoms with Gasteiger partial charge in [-0.25, -0.2) is 0 Å². The van der Waals surface area contributed by atoms with Gasteiger partial charge in [0.1, 0.15) is 0 Å². The lowest BCUT2D eigenvalue weighted by molar-refractivity contribution is 0.662. The van der Waals surface area contributed by atoms with E-state index in [1.165, 1.54) is 5.56 Å². The Morgan fingerprint density at radius 2 is 2.14 bits per heavy atom. The van der Waals surface area contributed by atoms with Crippen LogP contribution in [0.3, 0.4) is 0 Å². The second-order valence-corrected chi connectivity index (χ2v) is 4.72. The minimum Gasteiger partial charge on any atom is -0.313 e. The molecule has 0 aliphatic carbocycles. The first-order chi connectivity index (χ1) is 6.79. The Morgan fingerprint density at radius 1 is 1.43 bits per heavy atom. The van der Waals surface area contributed by atoms with Gasteiger partial charge in [0.05, 0.1) is 0 Å². The summed E-state index contributed by atoms with van der Waals surface area (Å²) in [6.45, 7) is 1.78. The van der Waals surface area contributed by atoms with Crippen molar-refractivity contribution in [2.24, 2.45) is 0 Å². The van der Waals surface area contributed by atoms with Crippen LogP contribution in [0.15, 0.2) is 24.5 Å². The minimum atomic E-state index is -0.664. The first-order valence-electron chi connectivity index (χ1n) is 4.68. The number of nitrogens with one attached hydrogen (secondary N) is 1. The zero-order chi connectivity index (χ0) is 10.2. The van der Waals surface area contributed by atoms with E-state index >= 15 is 0 Å². The maximum atomic E-state index is 10.8. The molecule has 1 heterocycles. The van der Waals surface area contributed by atoms with E-state index in [-0.39, 0.29) is 0 Å². The standard InChI is InChI=1S/C10H16N2OS/c1-14(13)8-2-5-12-9-10-3-6-11-7-4-10/h3-4,6-7,12H,2,5,8-9H2,1H3. The fourth-order valence-corrected chi connectivity index (χ4v) is 1.68. The molecule has 1 aromatic rings. The van der Waals surface area contributed by atoms with Gasteiger partial charge in [0.2, 0.25) is 0 Å². The molecule has 0 aliphatic heterocycles. The molecular formula is C10H16N2OS. The minimum absolute atomic E-state index is 0.664. The van der Waals surface area contributed by atoms with Crippen LogP contribution in [0.4, 0.5) is 0 Å². The Balaban J connectivity index is 2.08. The quantitative estimate of drug-likeness (QED) is 0.714. The maximum absolute atomic E-state index is 10.8. The lowest BCUT2D eigenvalue weighted by atomic mass is 10.3. The smallest absolute Gasteiger partial charge is 0.0271 e. The highest BCUT2D eigenvalue weighted by Gasteiger charge is 1.93. The molecule has 0 fully saturated rings. The van der Waals surface area contributed by atoms with Crippen molar-refractivity contribution in [3.05, 3.63) is 30.1 Å². The molecule has 0 spiro atoms. The van der Waals surface area contributed by atoms with E-state index in [0.717, 1.165) is 25.3 Å². The van der Waals surface area contributed by atoms with E-state index in [4.69, 9.17) is 0 Å². The number of pyridine rings is 1. The van der Waals surface area contributed by atoms with Crippen LogP contribution in [-0.2, 0) is 17.3 Å². The summed E-state index contributed by atoms with van der Waals surface area (Å²) in [5.74, 6) is 0.781. The molecule has 1 N–H and O–H groups in total. The third-order valence-electron chi connectivity index (χ3n) is 1.86. The fourth-order valence-electron chi connectivity index (χ4n) is 1.13. The molecule has 1 aromatic heterocycles. The molecule has 3 nitrogen and oxygen atoms in total. The Hall–Kier alpha value is -0.740. The molecular weight excluding hydrogens is 196 g/mol. The highest BCUT2D eigenvalue weighted by molar-refractivity contribution is 7.84. The summed E-state index contributed by atoms with van der Waals surface area (Å²) in [5, 5.41) is 3.29. The van der Waals surface area contributed by atoms with Gasteiger partial charge in [-0.05, 0) is 30.7 Å². The van der Waals surface area contributed by atoms with Crippen LogP contribution in [0.1, 0.15) is 12.0 Å². The van der Waals surface area contributed by atoms with Crippen molar-refractivity contribution in [1.82, 2.24) is 10.3 Å². The van der Waals surface area contributed by atoms with Crippen molar-refractivity contribution in [2.45, 2.75) is 13.0 Å². The summed E-state index contributed by atoms with van der Waals surface area (Å²) in [6, 6.07) is 3.98. The van der Waals surface area contributed by atoms with Crippen LogP contribution >= 0.6 is 0 Å². The van der Waals surface area contributed by atoms with Gasteiger partial charge in [-0.2, -0.15) is 0 Å². The summed E-state index contributed by atoms with van der Waals surface area (Å²) in [7, 11) is -0.664. The van der Waals surface area contributed by atoms with Crippen LogP contribution in [-0.4, -0.2) is 27.7 Å². The topological polar surface area (TPSA) is 42.0 Å². The van der Waals surface area contributed by atoms with E-state index in [1.54, 1.807) is 18.6 Å². The summed E-state index contributed by atoms with van der Waals surface area (Å²) >= 11 is 0. The van der Waals surface area contributed by atoms with Crippen LogP contribution in [0, 0.1) is 0 Å². The van der Waals surface area contributed by atoms with Gasteiger partial charge in [0.25, 0.3) is 0 Å². The van der Waals surface area contributed by atoms with E-state index in [9.17, 15) is 4.21 Å². The average Bonchev–Trinajstić information content (AvgIpc) is 2.18. The average molecular weight is 212 g/mol. The van der Waals surface area contributed by atoms with Gasteiger partial charge >= 0.3 is 0 Å². The number of rotatable bonds is 6. The molecule has 0 radical (unpaired) electrons. The van der Waals surface area contributed by atoms with Gasteiger partial charge in [-0.3, -0.25) is 9.19 Å². The van der Waals surface area contributed by atoms with Crippen LogP contribution in [0.2, 0.25) is 0 Å². The molecule has 0 bridgehead atoms. The van der Waals surface area contributed by atoms with Crippen molar-refractivity contribution in [1.29, 1.82) is 0 Å². The van der Waals surface area contributed by atoms with Gasteiger partial charge < -0.3 is 5.32 Å². The van der Waals surface area contributed by atoms with E-state index < -0.39 is 10.8 Å². The van der Waals surface area contributed by atoms with Crippen molar-refractivity contribution in [2.75, 3.05) is 18.6 Å². The first kappa shape index (κ1) is 11.3. The highest BCUT2D eigenvalue weighted by atomic mass is 32.2. The predicted molar refractivity (Wildman–Crippen MR) is 59.5 cm³/mol. The van der Waals surface area contributed by atoms with Crippen LogP contribution < -0.4 is 5.32 Å². The second-order valence-electron chi connectivity index (χ2n) is 3.16. The Bertz CT molecular complexity index is 277. The molecule has 1 atom stereocenters. The number of hydrogen-bond donors (Lipinski definition) is 1. The van der Waals surface area contributed by atoms with Gasteiger partial charge in [0, 0.05) is 41.7 Å². The zero-order valence-electron chi connectivity index (χ0n) is 8.40. The molecule has 0 aliphatic rings. The third-order valence-corrected chi connectivity index (χ3v) is 2.73. The molecule has 0 amide bonds. The molecule has 1 rings (SSSR count). The van der Waals surface area contributed by atoms with Crippen molar-refractivity contribution >= 4 is 10.8 Å². The molecule has 0 saturated heterocycles. The van der Waals surface area contributed by atoms with Crippen LogP contribution in [0.5, 0.6) is 0 Å². The predicted octanol–water partition coefficient (Wildman–Crippen LogP) is 0.940. The summed E-state index contributed by atoms with van der Waals surface area (Å²) in [6.07, 6.45) is 6.29. The monoisotopic (exact) mass is 212 g/mol. The maximum Gasteiger partial charge on any atom is 0.0271 e. The largest absolute Gasteiger partial charge is 0.313 e. The molecule has 0 saturated carbocycles. The van der Waals surface area contributed by atoms with Gasteiger partial charge in [-0.1, -0.05) is 0 Å². The Morgan fingerprint density at radius 3 is 2.79 bits per heavy atom. The molecule has 1 unspecified atom stereocenters. The lowest BCUT2D eigenvalue weighted by Gasteiger charge is -2.03. The summed E-state index contributed by atoms with van der Waals surface area (Å²) < 4.78 is 10.8. The van der Waals surface area contributed by atoms with Crippen LogP contribution in [0.25, 0.3) is 0 Å². The van der Waals surface area contributed by atoms with E-state index in [1.807, 2.05) is 12.1 Å². The van der Waals surface area contributed by atoms with E-state index in [0.29, 0.717) is 0 Å². The molecule has 0 aromatic carbocycles. The normalized spacial score (nSPS) is 12.6. The SMILES string of the molecule is CS(=O)CCCNCc1ccncc1. The molecule has 14 heavy (non-hydrogen) atoms. The summed E-state index contributed by atoms with van der Waals surface area (Å²) in [5.41, 5.74) is 1.23. The second kappa shape index (κ2) is 6.68. The Labute approximate surface area is 87.4 Å². The van der Waals surface area contributed by atoms with Crippen molar-refractivity contribution < 1.29 is 4.21 Å². The number of nitrogens with zero attached hydrogens (tertiary/aromatic N) is 1. The van der Waals surface area contributed by atoms with Gasteiger partial charge in [-0.15, -0.1) is 0 Å².